The summed E-state index contributed by atoms with van der Waals surface area (Å²) in [6, 6.07) is 4.40. The lowest BCUT2D eigenvalue weighted by Crippen LogP contribution is -2.41. The minimum absolute atomic E-state index is 0.245. The maximum absolute atomic E-state index is 6.19. The van der Waals surface area contributed by atoms with Gasteiger partial charge in [0.15, 0.2) is 0 Å². The van der Waals surface area contributed by atoms with Gasteiger partial charge in [0.2, 0.25) is 17.6 Å². The molecule has 4 rings (SSSR count). The van der Waals surface area contributed by atoms with Crippen LogP contribution in [0.1, 0.15) is 64.7 Å². The predicted molar refractivity (Wildman–Crippen MR) is 103 cm³/mol. The lowest BCUT2D eigenvalue weighted by Gasteiger charge is -2.36. The maximum atomic E-state index is 6.19. The fourth-order valence-corrected chi connectivity index (χ4v) is 4.24. The summed E-state index contributed by atoms with van der Waals surface area (Å²) in [5, 5.41) is 4.22. The number of aromatic nitrogens is 3. The van der Waals surface area contributed by atoms with Gasteiger partial charge in [0.1, 0.15) is 6.10 Å². The molecule has 0 unspecified atom stereocenters. The Labute approximate surface area is 161 Å². The molecule has 6 heteroatoms. The molecule has 0 bridgehead atoms. The Kier molecular flexibility index (Phi) is 5.72. The molecule has 1 saturated heterocycles. The Hall–Kier alpha value is -1.95. The maximum Gasteiger partial charge on any atom is 0.241 e. The van der Waals surface area contributed by atoms with Crippen LogP contribution in [0.25, 0.3) is 11.4 Å². The van der Waals surface area contributed by atoms with E-state index < -0.39 is 0 Å². The molecule has 27 heavy (non-hydrogen) atoms. The van der Waals surface area contributed by atoms with E-state index in [1.165, 1.54) is 32.1 Å². The summed E-state index contributed by atoms with van der Waals surface area (Å²) in [6.07, 6.45) is 10.5. The first-order chi connectivity index (χ1) is 13.2. The zero-order valence-corrected chi connectivity index (χ0v) is 16.4. The number of ether oxygens (including phenoxy) is 1. The van der Waals surface area contributed by atoms with Crippen LogP contribution in [0, 0.1) is 5.92 Å². The van der Waals surface area contributed by atoms with E-state index in [1.54, 1.807) is 6.20 Å². The van der Waals surface area contributed by atoms with E-state index in [0.717, 1.165) is 24.9 Å². The smallest absolute Gasteiger partial charge is 0.241 e. The van der Waals surface area contributed by atoms with Crippen molar-refractivity contribution in [2.24, 2.45) is 5.92 Å². The normalized spacial score (nSPS) is 24.8. The third-order valence-corrected chi connectivity index (χ3v) is 6.15. The minimum Gasteiger partial charge on any atom is -0.474 e. The molecule has 1 aliphatic carbocycles. The van der Waals surface area contributed by atoms with Gasteiger partial charge in [0.25, 0.3) is 0 Å². The Morgan fingerprint density at radius 1 is 1.15 bits per heavy atom. The van der Waals surface area contributed by atoms with Gasteiger partial charge >= 0.3 is 0 Å². The average molecular weight is 370 g/mol. The molecule has 2 fully saturated rings. The van der Waals surface area contributed by atoms with Gasteiger partial charge in [-0.1, -0.05) is 18.5 Å². The van der Waals surface area contributed by atoms with Gasteiger partial charge in [-0.15, -0.1) is 0 Å². The van der Waals surface area contributed by atoms with Crippen molar-refractivity contribution in [3.63, 3.8) is 0 Å². The molecule has 1 aliphatic heterocycles. The number of piperidine rings is 1. The van der Waals surface area contributed by atoms with Crippen LogP contribution in [-0.4, -0.2) is 38.7 Å². The van der Waals surface area contributed by atoms with Crippen molar-refractivity contribution >= 4 is 0 Å². The highest BCUT2D eigenvalue weighted by Crippen LogP contribution is 2.30. The highest BCUT2D eigenvalue weighted by atomic mass is 16.5. The number of nitrogens with zero attached hydrogens (tertiary/aromatic N) is 4. The Morgan fingerprint density at radius 2 is 2.00 bits per heavy atom. The summed E-state index contributed by atoms with van der Waals surface area (Å²) in [7, 11) is 0. The van der Waals surface area contributed by atoms with Gasteiger partial charge < -0.3 is 9.26 Å². The monoisotopic (exact) mass is 370 g/mol. The summed E-state index contributed by atoms with van der Waals surface area (Å²) in [4.78, 5) is 11.5. The highest BCUT2D eigenvalue weighted by molar-refractivity contribution is 5.60. The van der Waals surface area contributed by atoms with Crippen molar-refractivity contribution in [3.05, 3.63) is 24.2 Å². The van der Waals surface area contributed by atoms with Crippen LogP contribution < -0.4 is 4.74 Å². The molecule has 146 valence electrons. The Balaban J connectivity index is 1.48. The first kappa shape index (κ1) is 18.4. The largest absolute Gasteiger partial charge is 0.474 e. The van der Waals surface area contributed by atoms with E-state index in [0.29, 0.717) is 36.1 Å². The standard InChI is InChI=1S/C21H30N4O2/c1-15-8-7-13-25(16(15)2)14-19-23-20(24-27-19)18-11-6-12-22-21(18)26-17-9-4-3-5-10-17/h6,11-12,15-17H,3-5,7-10,13-14H2,1-2H3/t15-,16-/m1/s1. The molecule has 2 aromatic rings. The molecule has 3 heterocycles. The highest BCUT2D eigenvalue weighted by Gasteiger charge is 2.26. The second-order valence-electron chi connectivity index (χ2n) is 8.08. The molecule has 2 aliphatic rings. The molecule has 0 N–H and O–H groups in total. The van der Waals surface area contributed by atoms with Crippen molar-refractivity contribution in [1.82, 2.24) is 20.0 Å². The van der Waals surface area contributed by atoms with Gasteiger partial charge in [-0.2, -0.15) is 4.98 Å². The van der Waals surface area contributed by atoms with Crippen LogP contribution in [0.15, 0.2) is 22.9 Å². The molecule has 0 aromatic carbocycles. The van der Waals surface area contributed by atoms with E-state index in [4.69, 9.17) is 9.26 Å². The zero-order valence-electron chi connectivity index (χ0n) is 16.4. The summed E-state index contributed by atoms with van der Waals surface area (Å²) in [5.41, 5.74) is 0.818. The van der Waals surface area contributed by atoms with Gasteiger partial charge in [0, 0.05) is 12.2 Å². The predicted octanol–water partition coefficient (Wildman–Crippen LogP) is 4.46. The molecule has 0 spiro atoms. The van der Waals surface area contributed by atoms with Crippen LogP contribution in [0.5, 0.6) is 5.88 Å². The summed E-state index contributed by atoms with van der Waals surface area (Å²) >= 11 is 0. The van der Waals surface area contributed by atoms with E-state index in [1.807, 2.05) is 12.1 Å². The summed E-state index contributed by atoms with van der Waals surface area (Å²) < 4.78 is 11.8. The van der Waals surface area contributed by atoms with Crippen LogP contribution in [0.4, 0.5) is 0 Å². The molecular weight excluding hydrogens is 340 g/mol. The lowest BCUT2D eigenvalue weighted by molar-refractivity contribution is 0.0940. The number of hydrogen-bond donors (Lipinski definition) is 0. The van der Waals surface area contributed by atoms with Gasteiger partial charge in [0.05, 0.1) is 12.1 Å². The van der Waals surface area contributed by atoms with Crippen molar-refractivity contribution in [1.29, 1.82) is 0 Å². The van der Waals surface area contributed by atoms with Crippen LogP contribution in [-0.2, 0) is 6.54 Å². The number of rotatable bonds is 5. The molecule has 1 saturated carbocycles. The molecular formula is C21H30N4O2. The minimum atomic E-state index is 0.245. The topological polar surface area (TPSA) is 64.3 Å². The summed E-state index contributed by atoms with van der Waals surface area (Å²) in [6.45, 7) is 6.41. The van der Waals surface area contributed by atoms with Crippen molar-refractivity contribution in [3.8, 4) is 17.3 Å². The van der Waals surface area contributed by atoms with Crippen LogP contribution in [0.2, 0.25) is 0 Å². The SMILES string of the molecule is C[C@@H]1CCCN(Cc2nc(-c3cccnc3OC3CCCCC3)no2)[C@@H]1C. The zero-order chi connectivity index (χ0) is 18.6. The Bertz CT molecular complexity index is 741. The molecule has 2 atom stereocenters. The van der Waals surface area contributed by atoms with Gasteiger partial charge in [-0.25, -0.2) is 4.98 Å². The van der Waals surface area contributed by atoms with Crippen molar-refractivity contribution in [2.75, 3.05) is 6.54 Å². The van der Waals surface area contributed by atoms with E-state index in [-0.39, 0.29) is 6.10 Å². The molecule has 2 aromatic heterocycles. The second-order valence-corrected chi connectivity index (χ2v) is 8.08. The van der Waals surface area contributed by atoms with Gasteiger partial charge in [-0.05, 0) is 70.0 Å². The average Bonchev–Trinajstić information content (AvgIpc) is 3.15. The van der Waals surface area contributed by atoms with Crippen LogP contribution in [0.3, 0.4) is 0 Å². The fourth-order valence-electron chi connectivity index (χ4n) is 4.24. The van der Waals surface area contributed by atoms with Gasteiger partial charge in [-0.3, -0.25) is 4.90 Å². The number of likely N-dealkylation sites (tertiary alicyclic amines) is 1. The lowest BCUT2D eigenvalue weighted by atomic mass is 9.92. The third kappa shape index (κ3) is 4.32. The van der Waals surface area contributed by atoms with Crippen molar-refractivity contribution < 1.29 is 9.26 Å². The Morgan fingerprint density at radius 3 is 2.85 bits per heavy atom. The second kappa shape index (κ2) is 8.38. The van der Waals surface area contributed by atoms with E-state index >= 15 is 0 Å². The fraction of sp³-hybridized carbons (Fsp3) is 0.667. The number of hydrogen-bond acceptors (Lipinski definition) is 6. The molecule has 0 amide bonds. The quantitative estimate of drug-likeness (QED) is 0.774. The van der Waals surface area contributed by atoms with Crippen LogP contribution >= 0.6 is 0 Å². The van der Waals surface area contributed by atoms with E-state index in [9.17, 15) is 0 Å². The first-order valence-corrected chi connectivity index (χ1v) is 10.4. The molecule has 6 nitrogen and oxygen atoms in total. The number of pyridine rings is 1. The third-order valence-electron chi connectivity index (χ3n) is 6.15. The molecule has 0 radical (unpaired) electrons. The van der Waals surface area contributed by atoms with E-state index in [2.05, 4.69) is 33.9 Å². The summed E-state index contributed by atoms with van der Waals surface area (Å²) in [5.74, 6) is 2.56. The first-order valence-electron chi connectivity index (χ1n) is 10.4. The van der Waals surface area contributed by atoms with Crippen molar-refractivity contribution in [2.45, 2.75) is 77.5 Å².